The molecule has 1 atom stereocenters. The molecule has 0 aliphatic rings. The summed E-state index contributed by atoms with van der Waals surface area (Å²) in [6, 6.07) is 0. The summed E-state index contributed by atoms with van der Waals surface area (Å²) in [6.45, 7) is 17.0. The zero-order valence-corrected chi connectivity index (χ0v) is 14.2. The van der Waals surface area contributed by atoms with Crippen LogP contribution in [-0.2, 0) is 14.0 Å². The van der Waals surface area contributed by atoms with Crippen LogP contribution in [0.15, 0.2) is 24.8 Å². The minimum Gasteiger partial charge on any atom is -0.463 e. The van der Waals surface area contributed by atoms with Crippen molar-refractivity contribution in [1.82, 2.24) is 0 Å². The van der Waals surface area contributed by atoms with Gasteiger partial charge in [-0.25, -0.2) is 4.79 Å². The summed E-state index contributed by atoms with van der Waals surface area (Å²) in [5.74, 6) is -0.308. The Kier molecular flexibility index (Phi) is 7.30. The smallest absolute Gasteiger partial charge is 0.330 e. The molecular formula is C15H28O3Si. The molecule has 0 aliphatic heterocycles. The number of esters is 1. The van der Waals surface area contributed by atoms with Crippen molar-refractivity contribution in [2.24, 2.45) is 0 Å². The van der Waals surface area contributed by atoms with E-state index in [1.165, 1.54) is 6.08 Å². The normalized spacial score (nSPS) is 14.4. The number of ether oxygens (including phenoxy) is 1. The van der Waals surface area contributed by atoms with E-state index in [9.17, 15) is 4.79 Å². The Balaban J connectivity index is 4.46. The molecule has 0 N–H and O–H groups in total. The van der Waals surface area contributed by atoms with Gasteiger partial charge < -0.3 is 9.16 Å². The second-order valence-electron chi connectivity index (χ2n) is 6.04. The molecule has 0 heterocycles. The van der Waals surface area contributed by atoms with E-state index in [0.29, 0.717) is 13.0 Å². The molecule has 0 saturated heterocycles. The maximum atomic E-state index is 11.2. The maximum absolute atomic E-state index is 11.2. The molecule has 0 bridgehead atoms. The van der Waals surface area contributed by atoms with Crippen LogP contribution in [0.1, 0.15) is 34.1 Å². The molecule has 0 aromatic carbocycles. The van der Waals surface area contributed by atoms with Gasteiger partial charge >= 0.3 is 5.97 Å². The first-order valence-electron chi connectivity index (χ1n) is 6.77. The van der Waals surface area contributed by atoms with Crippen molar-refractivity contribution in [1.29, 1.82) is 0 Å². The first-order valence-corrected chi connectivity index (χ1v) is 9.68. The Hall–Kier alpha value is -0.873. The molecule has 0 rings (SSSR count). The predicted octanol–water partition coefficient (Wildman–Crippen LogP) is 4.07. The zero-order chi connectivity index (χ0) is 15.1. The summed E-state index contributed by atoms with van der Waals surface area (Å²) >= 11 is 0. The van der Waals surface area contributed by atoms with Crippen LogP contribution in [0.5, 0.6) is 0 Å². The van der Waals surface area contributed by atoms with Gasteiger partial charge in [0.2, 0.25) is 0 Å². The van der Waals surface area contributed by atoms with E-state index in [0.717, 1.165) is 0 Å². The van der Waals surface area contributed by atoms with Crippen LogP contribution in [0.3, 0.4) is 0 Å². The second-order valence-corrected chi connectivity index (χ2v) is 10.8. The minimum absolute atomic E-state index is 0.0495. The van der Waals surface area contributed by atoms with Gasteiger partial charge in [-0.1, -0.05) is 32.9 Å². The van der Waals surface area contributed by atoms with Gasteiger partial charge in [-0.2, -0.15) is 0 Å². The Morgan fingerprint density at radius 1 is 1.37 bits per heavy atom. The van der Waals surface area contributed by atoms with E-state index in [2.05, 4.69) is 40.4 Å². The highest BCUT2D eigenvalue weighted by molar-refractivity contribution is 6.74. The van der Waals surface area contributed by atoms with Crippen LogP contribution in [0, 0.1) is 0 Å². The summed E-state index contributed by atoms with van der Waals surface area (Å²) in [4.78, 5) is 11.2. The average molecular weight is 284 g/mol. The fourth-order valence-electron chi connectivity index (χ4n) is 1.24. The molecule has 110 valence electrons. The van der Waals surface area contributed by atoms with E-state index in [1.54, 1.807) is 19.1 Å². The van der Waals surface area contributed by atoms with Crippen LogP contribution >= 0.6 is 0 Å². The number of rotatable bonds is 7. The number of carbonyl (C=O) groups is 1. The molecule has 0 saturated carbocycles. The number of hydrogen-bond acceptors (Lipinski definition) is 3. The summed E-state index contributed by atoms with van der Waals surface area (Å²) < 4.78 is 11.0. The Bertz CT molecular complexity index is 327. The first kappa shape index (κ1) is 18.1. The highest BCUT2D eigenvalue weighted by Gasteiger charge is 2.38. The van der Waals surface area contributed by atoms with Gasteiger partial charge in [0, 0.05) is 6.08 Å². The van der Waals surface area contributed by atoms with Gasteiger partial charge in [-0.3, -0.25) is 0 Å². The van der Waals surface area contributed by atoms with Gasteiger partial charge in [0.15, 0.2) is 8.32 Å². The summed E-state index contributed by atoms with van der Waals surface area (Å²) in [7, 11) is -1.80. The molecule has 4 heteroatoms. The summed E-state index contributed by atoms with van der Waals surface area (Å²) in [5.41, 5.74) is 0. The Morgan fingerprint density at radius 3 is 2.37 bits per heavy atom. The van der Waals surface area contributed by atoms with Crippen LogP contribution in [-0.4, -0.2) is 27.0 Å². The maximum Gasteiger partial charge on any atom is 0.330 e. The van der Waals surface area contributed by atoms with E-state index < -0.39 is 8.32 Å². The summed E-state index contributed by atoms with van der Waals surface area (Å²) in [5, 5.41) is 0.166. The van der Waals surface area contributed by atoms with Crippen LogP contribution in [0.2, 0.25) is 18.1 Å². The van der Waals surface area contributed by atoms with Crippen LogP contribution in [0.25, 0.3) is 0 Å². The van der Waals surface area contributed by atoms with Gasteiger partial charge in [0.25, 0.3) is 0 Å². The zero-order valence-electron chi connectivity index (χ0n) is 13.2. The second kappa shape index (κ2) is 7.65. The van der Waals surface area contributed by atoms with E-state index >= 15 is 0 Å². The molecule has 0 fully saturated rings. The minimum atomic E-state index is -1.80. The van der Waals surface area contributed by atoms with Crippen molar-refractivity contribution in [3.8, 4) is 0 Å². The topological polar surface area (TPSA) is 35.5 Å². The number of hydrogen-bond donors (Lipinski definition) is 0. The van der Waals surface area contributed by atoms with Crippen molar-refractivity contribution in [3.05, 3.63) is 24.8 Å². The van der Waals surface area contributed by atoms with E-state index in [1.807, 2.05) is 0 Å². The lowest BCUT2D eigenvalue weighted by Crippen LogP contribution is -2.43. The standard InChI is InChI=1S/C15H28O3Si/c1-8-13(11-10-12-14(16)17-9-2)18-19(6,7)15(3,4)5/h8,10,12-13H,1,9,11H2,2-7H3/b12-10+. The van der Waals surface area contributed by atoms with Crippen molar-refractivity contribution >= 4 is 14.3 Å². The first-order chi connectivity index (χ1) is 8.64. The van der Waals surface area contributed by atoms with E-state index in [-0.39, 0.29) is 17.1 Å². The van der Waals surface area contributed by atoms with Gasteiger partial charge in [0.05, 0.1) is 12.7 Å². The molecule has 0 spiro atoms. The van der Waals surface area contributed by atoms with Gasteiger partial charge in [-0.05, 0) is 31.5 Å². The lowest BCUT2D eigenvalue weighted by Gasteiger charge is -2.38. The molecule has 0 aliphatic carbocycles. The third-order valence-electron chi connectivity index (χ3n) is 3.42. The monoisotopic (exact) mass is 284 g/mol. The third kappa shape index (κ3) is 6.73. The molecule has 0 aromatic heterocycles. The molecule has 0 aromatic rings. The molecule has 0 amide bonds. The predicted molar refractivity (Wildman–Crippen MR) is 82.7 cm³/mol. The fourth-order valence-corrected chi connectivity index (χ4v) is 2.54. The van der Waals surface area contributed by atoms with Crippen molar-refractivity contribution < 1.29 is 14.0 Å². The van der Waals surface area contributed by atoms with Crippen molar-refractivity contribution in [3.63, 3.8) is 0 Å². The number of carbonyl (C=O) groups excluding carboxylic acids is 1. The molecule has 19 heavy (non-hydrogen) atoms. The lowest BCUT2D eigenvalue weighted by molar-refractivity contribution is -0.137. The van der Waals surface area contributed by atoms with Crippen LogP contribution < -0.4 is 0 Å². The summed E-state index contributed by atoms with van der Waals surface area (Å²) in [6.07, 6.45) is 5.64. The SMILES string of the molecule is C=CC(C/C=C/C(=O)OCC)O[Si](C)(C)C(C)(C)C. The Morgan fingerprint density at radius 2 is 1.95 bits per heavy atom. The average Bonchev–Trinajstić information content (AvgIpc) is 2.26. The lowest BCUT2D eigenvalue weighted by atomic mass is 10.2. The molecule has 0 radical (unpaired) electrons. The van der Waals surface area contributed by atoms with Gasteiger partial charge in [0.1, 0.15) is 0 Å². The highest BCUT2D eigenvalue weighted by atomic mass is 28.4. The van der Waals surface area contributed by atoms with Crippen molar-refractivity contribution in [2.75, 3.05) is 6.61 Å². The molecule has 3 nitrogen and oxygen atoms in total. The molecule has 1 unspecified atom stereocenters. The van der Waals surface area contributed by atoms with Crippen LogP contribution in [0.4, 0.5) is 0 Å². The Labute approximate surface area is 118 Å². The largest absolute Gasteiger partial charge is 0.463 e. The van der Waals surface area contributed by atoms with E-state index in [4.69, 9.17) is 9.16 Å². The van der Waals surface area contributed by atoms with Gasteiger partial charge in [-0.15, -0.1) is 6.58 Å². The highest BCUT2D eigenvalue weighted by Crippen LogP contribution is 2.37. The fraction of sp³-hybridized carbons (Fsp3) is 0.667. The molecular weight excluding hydrogens is 256 g/mol. The quantitative estimate of drug-likeness (QED) is 0.306. The van der Waals surface area contributed by atoms with Crippen molar-refractivity contribution in [2.45, 2.75) is 58.4 Å². The third-order valence-corrected chi connectivity index (χ3v) is 7.93.